The highest BCUT2D eigenvalue weighted by atomic mass is 35.5. The Morgan fingerprint density at radius 1 is 1.35 bits per heavy atom. The van der Waals surface area contributed by atoms with Gasteiger partial charge in [0.2, 0.25) is 0 Å². The number of halogens is 1. The van der Waals surface area contributed by atoms with Gasteiger partial charge in [-0.25, -0.2) is 0 Å². The van der Waals surface area contributed by atoms with Gasteiger partial charge in [0.1, 0.15) is 17.3 Å². The Labute approximate surface area is 122 Å². The van der Waals surface area contributed by atoms with Crippen LogP contribution >= 0.6 is 11.6 Å². The first-order chi connectivity index (χ1) is 9.72. The molecule has 2 aromatic heterocycles. The van der Waals surface area contributed by atoms with Crippen LogP contribution in [0.4, 0.5) is 5.82 Å². The van der Waals surface area contributed by atoms with E-state index in [1.807, 2.05) is 6.07 Å². The zero-order valence-electron chi connectivity index (χ0n) is 11.4. The lowest BCUT2D eigenvalue weighted by molar-refractivity contribution is 0.202. The maximum Gasteiger partial charge on any atom is 0.255 e. The zero-order valence-corrected chi connectivity index (χ0v) is 12.2. The van der Waals surface area contributed by atoms with Crippen LogP contribution in [0, 0.1) is 0 Å². The van der Waals surface area contributed by atoms with Crippen LogP contribution in [0.1, 0.15) is 19.8 Å². The second-order valence-corrected chi connectivity index (χ2v) is 6.09. The topological polar surface area (TPSA) is 49.6 Å². The van der Waals surface area contributed by atoms with Crippen LogP contribution in [-0.2, 0) is 0 Å². The minimum atomic E-state index is 0.440. The van der Waals surface area contributed by atoms with Gasteiger partial charge in [0.15, 0.2) is 0 Å². The zero-order chi connectivity index (χ0) is 13.7. The molecule has 6 nitrogen and oxygen atoms in total. The van der Waals surface area contributed by atoms with E-state index in [4.69, 9.17) is 11.6 Å². The molecule has 2 aromatic rings. The molecular weight excluding hydrogens is 276 g/mol. The van der Waals surface area contributed by atoms with Gasteiger partial charge < -0.3 is 4.90 Å². The van der Waals surface area contributed by atoms with Crippen LogP contribution in [0.2, 0.25) is 5.15 Å². The number of rotatable bonds is 1. The summed E-state index contributed by atoms with van der Waals surface area (Å²) in [4.78, 5) is 13.3. The first-order valence-electron chi connectivity index (χ1n) is 7.09. The maximum absolute atomic E-state index is 6.13. The molecule has 0 amide bonds. The second kappa shape index (κ2) is 4.56. The number of hydrogen-bond donors (Lipinski definition) is 0. The lowest BCUT2D eigenvalue weighted by Crippen LogP contribution is -2.55. The van der Waals surface area contributed by atoms with E-state index in [1.165, 1.54) is 25.7 Å². The van der Waals surface area contributed by atoms with Gasteiger partial charge in [-0.15, -0.1) is 0 Å². The average molecular weight is 293 g/mol. The summed E-state index contributed by atoms with van der Waals surface area (Å²) < 4.78 is 1.78. The number of hydrogen-bond acceptors (Lipinski definition) is 5. The molecule has 2 atom stereocenters. The van der Waals surface area contributed by atoms with Crippen molar-refractivity contribution in [2.75, 3.05) is 24.5 Å². The van der Waals surface area contributed by atoms with Gasteiger partial charge in [-0.1, -0.05) is 11.6 Å². The third kappa shape index (κ3) is 1.86. The molecule has 0 spiro atoms. The van der Waals surface area contributed by atoms with Crippen LogP contribution in [-0.4, -0.2) is 56.2 Å². The third-order valence-electron chi connectivity index (χ3n) is 4.43. The quantitative estimate of drug-likeness (QED) is 0.745. The van der Waals surface area contributed by atoms with Gasteiger partial charge in [0.25, 0.3) is 5.78 Å². The normalized spacial score (nSPS) is 27.2. The molecule has 0 aromatic carbocycles. The second-order valence-electron chi connectivity index (χ2n) is 5.70. The summed E-state index contributed by atoms with van der Waals surface area (Å²) >= 11 is 6.13. The first-order valence-corrected chi connectivity index (χ1v) is 7.47. The van der Waals surface area contributed by atoms with E-state index >= 15 is 0 Å². The van der Waals surface area contributed by atoms with E-state index in [1.54, 1.807) is 4.52 Å². The Morgan fingerprint density at radius 3 is 3.15 bits per heavy atom. The first kappa shape index (κ1) is 12.3. The van der Waals surface area contributed by atoms with Gasteiger partial charge in [-0.3, -0.25) is 4.90 Å². The van der Waals surface area contributed by atoms with Crippen molar-refractivity contribution < 1.29 is 0 Å². The summed E-state index contributed by atoms with van der Waals surface area (Å²) in [5.41, 5.74) is 0. The minimum absolute atomic E-state index is 0.440. The van der Waals surface area contributed by atoms with Crippen LogP contribution < -0.4 is 4.90 Å². The molecule has 2 saturated heterocycles. The lowest BCUT2D eigenvalue weighted by atomic mass is 10.1. The molecule has 2 aliphatic heterocycles. The van der Waals surface area contributed by atoms with E-state index in [9.17, 15) is 0 Å². The summed E-state index contributed by atoms with van der Waals surface area (Å²) in [6.45, 7) is 5.61. The van der Waals surface area contributed by atoms with Crippen LogP contribution in [0.5, 0.6) is 0 Å². The van der Waals surface area contributed by atoms with E-state index in [0.29, 0.717) is 23.0 Å². The third-order valence-corrected chi connectivity index (χ3v) is 4.63. The number of nitrogens with zero attached hydrogens (tertiary/aromatic N) is 6. The fourth-order valence-electron chi connectivity index (χ4n) is 3.48. The fraction of sp³-hybridized carbons (Fsp3) is 0.615. The highest BCUT2D eigenvalue weighted by molar-refractivity contribution is 6.29. The van der Waals surface area contributed by atoms with Gasteiger partial charge in [0, 0.05) is 31.2 Å². The van der Waals surface area contributed by atoms with Crippen LogP contribution in [0.25, 0.3) is 5.78 Å². The van der Waals surface area contributed by atoms with Crippen molar-refractivity contribution >= 4 is 23.2 Å². The minimum Gasteiger partial charge on any atom is -0.351 e. The molecule has 0 N–H and O–H groups in total. The molecule has 4 heterocycles. The summed E-state index contributed by atoms with van der Waals surface area (Å²) in [5.74, 6) is 1.56. The molecule has 0 radical (unpaired) electrons. The lowest BCUT2D eigenvalue weighted by Gasteiger charge is -2.43. The van der Waals surface area contributed by atoms with Crippen molar-refractivity contribution in [3.05, 3.63) is 17.5 Å². The molecule has 7 heteroatoms. The molecule has 0 aliphatic carbocycles. The highest BCUT2D eigenvalue weighted by Crippen LogP contribution is 2.29. The van der Waals surface area contributed by atoms with Crippen LogP contribution in [0.15, 0.2) is 12.4 Å². The van der Waals surface area contributed by atoms with Crippen molar-refractivity contribution in [2.45, 2.75) is 31.8 Å². The summed E-state index contributed by atoms with van der Waals surface area (Å²) in [7, 11) is 0. The largest absolute Gasteiger partial charge is 0.351 e. The number of aromatic nitrogens is 4. The van der Waals surface area contributed by atoms with E-state index in [0.717, 1.165) is 18.9 Å². The highest BCUT2D eigenvalue weighted by Gasteiger charge is 2.35. The Morgan fingerprint density at radius 2 is 2.25 bits per heavy atom. The molecule has 0 saturated carbocycles. The smallest absolute Gasteiger partial charge is 0.255 e. The van der Waals surface area contributed by atoms with Gasteiger partial charge in [-0.05, 0) is 26.3 Å². The number of fused-ring (bicyclic) bond motifs is 2. The van der Waals surface area contributed by atoms with Gasteiger partial charge in [-0.2, -0.15) is 19.6 Å². The predicted molar refractivity (Wildman–Crippen MR) is 77.2 cm³/mol. The molecule has 2 fully saturated rings. The van der Waals surface area contributed by atoms with Crippen molar-refractivity contribution in [3.8, 4) is 0 Å². The fourth-order valence-corrected chi connectivity index (χ4v) is 3.65. The summed E-state index contributed by atoms with van der Waals surface area (Å²) in [5, 5.41) is 4.76. The molecule has 106 valence electrons. The predicted octanol–water partition coefficient (Wildman–Crippen LogP) is 1.45. The SMILES string of the molecule is CC1CN2CCCC2CN1c1cc(Cl)nc2ncnn12. The Kier molecular flexibility index (Phi) is 2.82. The van der Waals surface area contributed by atoms with Crippen molar-refractivity contribution in [1.82, 2.24) is 24.5 Å². The Hall–Kier alpha value is -1.40. The number of anilines is 1. The molecular formula is C13H17ClN6. The molecule has 20 heavy (non-hydrogen) atoms. The molecule has 4 rings (SSSR count). The van der Waals surface area contributed by atoms with E-state index < -0.39 is 0 Å². The van der Waals surface area contributed by atoms with Gasteiger partial charge >= 0.3 is 0 Å². The Balaban J connectivity index is 1.76. The van der Waals surface area contributed by atoms with Crippen molar-refractivity contribution in [3.63, 3.8) is 0 Å². The van der Waals surface area contributed by atoms with Crippen LogP contribution in [0.3, 0.4) is 0 Å². The summed E-state index contributed by atoms with van der Waals surface area (Å²) in [6, 6.07) is 2.98. The summed E-state index contributed by atoms with van der Waals surface area (Å²) in [6.07, 6.45) is 4.11. The standard InChI is InChI=1S/C13H17ClN6/c1-9-6-18-4-2-3-10(18)7-19(9)12-5-11(14)17-13-15-8-16-20(12)13/h5,8-10H,2-4,6-7H2,1H3. The van der Waals surface area contributed by atoms with E-state index in [-0.39, 0.29) is 0 Å². The average Bonchev–Trinajstić information content (AvgIpc) is 3.04. The van der Waals surface area contributed by atoms with Gasteiger partial charge in [0.05, 0.1) is 0 Å². The number of piperazine rings is 1. The van der Waals surface area contributed by atoms with Crippen molar-refractivity contribution in [2.24, 2.45) is 0 Å². The Bertz CT molecular complexity index is 641. The molecule has 2 aliphatic rings. The monoisotopic (exact) mass is 292 g/mol. The van der Waals surface area contributed by atoms with Crippen molar-refractivity contribution in [1.29, 1.82) is 0 Å². The molecule has 0 bridgehead atoms. The van der Waals surface area contributed by atoms with E-state index in [2.05, 4.69) is 31.8 Å². The molecule has 2 unspecified atom stereocenters. The maximum atomic E-state index is 6.13.